The quantitative estimate of drug-likeness (QED) is 0.0272. The molecule has 0 atom stereocenters. The van der Waals surface area contributed by atoms with E-state index in [1.807, 2.05) is 110 Å². The van der Waals surface area contributed by atoms with E-state index in [0.29, 0.717) is 41.5 Å². The van der Waals surface area contributed by atoms with Gasteiger partial charge in [0.15, 0.2) is 44.4 Å². The maximum Gasteiger partial charge on any atom is 0.488 e. The van der Waals surface area contributed by atoms with E-state index in [4.69, 9.17) is 10.0 Å². The fourth-order valence-corrected chi connectivity index (χ4v) is 8.82. The summed E-state index contributed by atoms with van der Waals surface area (Å²) in [7, 11) is -5.78. The van der Waals surface area contributed by atoms with E-state index in [1.165, 1.54) is 10.8 Å². The molecule has 6 aromatic carbocycles. The summed E-state index contributed by atoms with van der Waals surface area (Å²) in [5.41, 5.74) is 10.4. The summed E-state index contributed by atoms with van der Waals surface area (Å²) in [5.74, 6) is 0. The van der Waals surface area contributed by atoms with E-state index in [-0.39, 0.29) is 50.9 Å². The number of hydrogen-bond donors (Lipinski definition) is 8. The van der Waals surface area contributed by atoms with Crippen molar-refractivity contribution in [2.45, 2.75) is 25.0 Å². The molecule has 0 unspecified atom stereocenters. The first-order valence-corrected chi connectivity index (χ1v) is 23.4. The molecule has 4 heterocycles. The zero-order chi connectivity index (χ0) is 48.4. The van der Waals surface area contributed by atoms with Gasteiger partial charge >= 0.3 is 28.5 Å². The topological polar surface area (TPSA) is 188 Å². The van der Waals surface area contributed by atoms with Gasteiger partial charge < -0.3 is 91.1 Å². The number of H-pyrrole nitrogens is 1. The zero-order valence-electron chi connectivity index (χ0n) is 38.5. The van der Waals surface area contributed by atoms with Crippen molar-refractivity contribution in [2.24, 2.45) is 0 Å². The molecule has 4 aromatic heterocycles. The summed E-state index contributed by atoms with van der Waals surface area (Å²) >= 11 is 3.28. The highest BCUT2D eigenvalue weighted by Gasteiger charge is 2.20. The number of benzene rings is 6. The van der Waals surface area contributed by atoms with Crippen molar-refractivity contribution < 1.29 is 110 Å². The Morgan fingerprint density at radius 2 is 0.681 bits per heavy atom. The Hall–Kier alpha value is -5.18. The van der Waals surface area contributed by atoms with Crippen LogP contribution in [-0.2, 0) is 25.0 Å². The van der Waals surface area contributed by atoms with Crippen LogP contribution in [0.3, 0.4) is 0 Å². The summed E-state index contributed by atoms with van der Waals surface area (Å²) in [6.07, 6.45) is 8.03. The molecule has 0 spiro atoms. The molecule has 0 saturated heterocycles. The van der Waals surface area contributed by atoms with Crippen LogP contribution < -0.4 is 91.5 Å². The summed E-state index contributed by atoms with van der Waals surface area (Å²) in [6.45, 7) is 1.87. The standard InChI is InChI=1S/C26H24B2N2O4.C19H16BN2O2.C7H8BBrO2.3BrH/c31-27(32)21-7-1-5-19(15-21)17-29-13-3-9-23-24-10-4-14-30(26(24)12-11-25(23)29)18-20-6-2-8-22(16-20)28(33)34;23-20(24)15-5-1-4-14(12-15)13-22-11-3-7-17-16-6-2-10-21-18(16)8-9-19(17)22;9-5-6-2-1-3-7(4-6)8(10)11;;;/h1-16,31-34H,17-18H2;1-12,23-24H,13H2;1-4,10-11H,5H2;3*1H/q+2;+1;;;;/p-2. The van der Waals surface area contributed by atoms with Crippen molar-refractivity contribution in [3.8, 4) is 0 Å². The van der Waals surface area contributed by atoms with Gasteiger partial charge in [-0.3, -0.25) is 0 Å². The molecule has 364 valence electrons. The second-order valence-corrected chi connectivity index (χ2v) is 17.1. The van der Waals surface area contributed by atoms with Crippen molar-refractivity contribution >= 4 is 110 Å². The molecule has 0 aliphatic carbocycles. The van der Waals surface area contributed by atoms with Crippen molar-refractivity contribution in [1.29, 1.82) is 0 Å². The number of halogens is 4. The SMILES string of the molecule is OB(O)c1cccc(CBr)c1.OB(O)c1cccc(C[n+]2cccc3c4ccc[n+](Cc5cccc(B(O)O)c5)c4ccc32)c1.OB(O)c1cccc(C[n+]2cccc3c4ccc[nH+]c4ccc32)c1.[Br-].[Br-].[Br-]. The van der Waals surface area contributed by atoms with Gasteiger partial charge in [-0.05, 0) is 51.7 Å². The number of fused-ring (bicyclic) bond motifs is 6. The van der Waals surface area contributed by atoms with Crippen molar-refractivity contribution in [3.63, 3.8) is 0 Å². The molecule has 0 fully saturated rings. The molecule has 9 N–H and O–H groups in total. The first-order chi connectivity index (χ1) is 33.4. The summed E-state index contributed by atoms with van der Waals surface area (Å²) in [6, 6.07) is 54.1. The summed E-state index contributed by atoms with van der Waals surface area (Å²) in [4.78, 5) is 3.27. The number of nitrogens with one attached hydrogen (secondary N) is 1. The van der Waals surface area contributed by atoms with Crippen LogP contribution in [0.15, 0.2) is 195 Å². The Labute approximate surface area is 458 Å². The van der Waals surface area contributed by atoms with Gasteiger partial charge in [0.05, 0.1) is 21.5 Å². The number of rotatable bonds is 11. The molecule has 0 aliphatic heterocycles. The predicted molar refractivity (Wildman–Crippen MR) is 275 cm³/mol. The van der Waals surface area contributed by atoms with Crippen LogP contribution in [0.5, 0.6) is 0 Å². The van der Waals surface area contributed by atoms with Crippen LogP contribution in [0.25, 0.3) is 43.6 Å². The monoisotopic (exact) mass is 1220 g/mol. The van der Waals surface area contributed by atoms with E-state index in [0.717, 1.165) is 60.4 Å². The molecule has 10 rings (SSSR count). The number of nitrogens with zero attached hydrogens (tertiary/aromatic N) is 3. The molecule has 72 heavy (non-hydrogen) atoms. The average molecular weight is 1220 g/mol. The van der Waals surface area contributed by atoms with Gasteiger partial charge in [0, 0.05) is 70.6 Å². The average Bonchev–Trinajstić information content (AvgIpc) is 3.37. The van der Waals surface area contributed by atoms with Gasteiger partial charge in [0.25, 0.3) is 0 Å². The minimum absolute atomic E-state index is 0. The third-order valence-electron chi connectivity index (χ3n) is 11.8. The zero-order valence-corrected chi connectivity index (χ0v) is 44.9. The predicted octanol–water partition coefficient (Wildman–Crippen LogP) is -7.88. The number of aromatic nitrogens is 4. The van der Waals surface area contributed by atoms with E-state index in [1.54, 1.807) is 36.4 Å². The molecule has 20 heteroatoms. The first kappa shape index (κ1) is 57.7. The molecule has 0 amide bonds. The highest BCUT2D eigenvalue weighted by atomic mass is 79.9. The lowest BCUT2D eigenvalue weighted by atomic mass is 9.79. The highest BCUT2D eigenvalue weighted by molar-refractivity contribution is 9.08. The van der Waals surface area contributed by atoms with Crippen LogP contribution in [0.2, 0.25) is 0 Å². The second kappa shape index (κ2) is 27.2. The Kier molecular flexibility index (Phi) is 21.8. The molecule has 12 nitrogen and oxygen atoms in total. The molecule has 0 saturated carbocycles. The lowest BCUT2D eigenvalue weighted by molar-refractivity contribution is -0.664. The molecule has 0 radical (unpaired) electrons. The Bertz CT molecular complexity index is 3290. The van der Waals surface area contributed by atoms with Gasteiger partial charge in [-0.1, -0.05) is 113 Å². The maximum atomic E-state index is 9.50. The van der Waals surface area contributed by atoms with Gasteiger partial charge in [-0.2, -0.15) is 13.7 Å². The normalized spacial score (nSPS) is 10.5. The second-order valence-electron chi connectivity index (χ2n) is 16.6. The van der Waals surface area contributed by atoms with Crippen LogP contribution in [-0.4, -0.2) is 68.7 Å². The van der Waals surface area contributed by atoms with Crippen LogP contribution >= 0.6 is 15.9 Å². The lowest BCUT2D eigenvalue weighted by Crippen LogP contribution is -3.00. The van der Waals surface area contributed by atoms with Gasteiger partial charge in [-0.25, -0.2) is 4.98 Å². The fraction of sp³-hybridized carbons (Fsp3) is 0.0769. The smallest absolute Gasteiger partial charge is 0.488 e. The number of pyridine rings is 4. The van der Waals surface area contributed by atoms with Gasteiger partial charge in [0.2, 0.25) is 22.1 Å². The van der Waals surface area contributed by atoms with Crippen molar-refractivity contribution in [1.82, 2.24) is 0 Å². The van der Waals surface area contributed by atoms with Crippen LogP contribution in [0, 0.1) is 0 Å². The molecule has 0 bridgehead atoms. The van der Waals surface area contributed by atoms with Crippen LogP contribution in [0.4, 0.5) is 0 Å². The molecular formula is C52H49B4Br4N4O8+. The largest absolute Gasteiger partial charge is 1.00 e. The van der Waals surface area contributed by atoms with Crippen molar-refractivity contribution in [3.05, 3.63) is 217 Å². The molecule has 10 aromatic rings. The van der Waals surface area contributed by atoms with E-state index < -0.39 is 28.5 Å². The summed E-state index contributed by atoms with van der Waals surface area (Å²) in [5, 5.41) is 79.6. The minimum Gasteiger partial charge on any atom is -1.00 e. The Balaban J connectivity index is 0.000000221. The van der Waals surface area contributed by atoms with Crippen molar-refractivity contribution in [2.75, 3.05) is 0 Å². The minimum atomic E-state index is -1.49. The Morgan fingerprint density at radius 3 is 1.04 bits per heavy atom. The lowest BCUT2D eigenvalue weighted by Gasteiger charge is -2.07. The summed E-state index contributed by atoms with van der Waals surface area (Å²) < 4.78 is 6.48. The number of alkyl halides is 1. The number of aromatic amines is 1. The fourth-order valence-electron chi connectivity index (χ4n) is 8.47. The van der Waals surface area contributed by atoms with Gasteiger partial charge in [0.1, 0.15) is 0 Å². The van der Waals surface area contributed by atoms with E-state index >= 15 is 0 Å². The Morgan fingerprint density at radius 1 is 0.361 bits per heavy atom. The van der Waals surface area contributed by atoms with Gasteiger partial charge in [-0.15, -0.1) is 0 Å². The molecular weight excluding hydrogens is 1170 g/mol. The molecule has 0 aliphatic rings. The number of hydrogen-bond acceptors (Lipinski definition) is 8. The first-order valence-electron chi connectivity index (χ1n) is 22.3. The third-order valence-corrected chi connectivity index (χ3v) is 12.5. The van der Waals surface area contributed by atoms with E-state index in [9.17, 15) is 30.1 Å². The highest BCUT2D eigenvalue weighted by Crippen LogP contribution is 2.22. The maximum absolute atomic E-state index is 9.50. The third kappa shape index (κ3) is 14.3. The van der Waals surface area contributed by atoms with E-state index in [2.05, 4.69) is 83.1 Å². The van der Waals surface area contributed by atoms with Crippen LogP contribution in [0.1, 0.15) is 22.3 Å².